The van der Waals surface area contributed by atoms with Crippen molar-refractivity contribution in [1.29, 1.82) is 0 Å². The average molecular weight is 331 g/mol. The van der Waals surface area contributed by atoms with Crippen molar-refractivity contribution in [2.24, 2.45) is 0 Å². The van der Waals surface area contributed by atoms with Crippen molar-refractivity contribution in [3.8, 4) is 10.6 Å². The molecule has 0 aliphatic rings. The summed E-state index contributed by atoms with van der Waals surface area (Å²) in [5.41, 5.74) is 1.21. The summed E-state index contributed by atoms with van der Waals surface area (Å²) >= 11 is 2.53. The molecular formula is C14H9N3O3S2. The van der Waals surface area contributed by atoms with Crippen LogP contribution in [0.4, 0.5) is 10.8 Å². The quantitative estimate of drug-likeness (QED) is 0.577. The lowest BCUT2D eigenvalue weighted by molar-refractivity contribution is -0.384. The van der Waals surface area contributed by atoms with Crippen molar-refractivity contribution in [3.63, 3.8) is 0 Å². The Morgan fingerprint density at radius 3 is 2.64 bits per heavy atom. The molecule has 2 heterocycles. The van der Waals surface area contributed by atoms with Gasteiger partial charge in [0.15, 0.2) is 5.13 Å². The van der Waals surface area contributed by atoms with Crippen molar-refractivity contribution in [1.82, 2.24) is 4.98 Å². The van der Waals surface area contributed by atoms with Gasteiger partial charge in [0.2, 0.25) is 0 Å². The molecule has 0 saturated carbocycles. The molecule has 110 valence electrons. The van der Waals surface area contributed by atoms with Crippen LogP contribution in [0.15, 0.2) is 47.2 Å². The van der Waals surface area contributed by atoms with Gasteiger partial charge in [0.25, 0.3) is 11.6 Å². The Morgan fingerprint density at radius 2 is 1.95 bits per heavy atom. The topological polar surface area (TPSA) is 85.1 Å². The van der Waals surface area contributed by atoms with Crippen LogP contribution in [0.25, 0.3) is 10.6 Å². The number of thiophene rings is 1. The van der Waals surface area contributed by atoms with E-state index in [2.05, 4.69) is 10.3 Å². The van der Waals surface area contributed by atoms with E-state index in [0.717, 1.165) is 0 Å². The highest BCUT2D eigenvalue weighted by Gasteiger charge is 2.14. The molecule has 0 aliphatic carbocycles. The van der Waals surface area contributed by atoms with Crippen molar-refractivity contribution in [2.75, 3.05) is 5.32 Å². The highest BCUT2D eigenvalue weighted by molar-refractivity contribution is 7.16. The maximum absolute atomic E-state index is 12.0. The Hall–Kier alpha value is -2.58. The van der Waals surface area contributed by atoms with Gasteiger partial charge in [-0.3, -0.25) is 20.2 Å². The first-order valence-electron chi connectivity index (χ1n) is 6.19. The van der Waals surface area contributed by atoms with Gasteiger partial charge in [-0.05, 0) is 12.1 Å². The summed E-state index contributed by atoms with van der Waals surface area (Å²) in [6, 6.07) is 10.3. The van der Waals surface area contributed by atoms with E-state index in [1.807, 2.05) is 6.07 Å². The fourth-order valence-electron chi connectivity index (χ4n) is 1.76. The van der Waals surface area contributed by atoms with Gasteiger partial charge < -0.3 is 0 Å². The minimum atomic E-state index is -0.440. The van der Waals surface area contributed by atoms with Gasteiger partial charge in [-0.1, -0.05) is 18.2 Å². The summed E-state index contributed by atoms with van der Waals surface area (Å²) in [5, 5.41) is 17.1. The number of thiazole rings is 1. The number of hydrogen-bond donors (Lipinski definition) is 1. The summed E-state index contributed by atoms with van der Waals surface area (Å²) in [5.74, 6) is -0.237. The molecule has 1 amide bonds. The van der Waals surface area contributed by atoms with Crippen LogP contribution in [-0.2, 0) is 0 Å². The lowest BCUT2D eigenvalue weighted by Gasteiger charge is -2.00. The fraction of sp³-hybridized carbons (Fsp3) is 0. The standard InChI is InChI=1S/C14H9N3O3S2/c18-13(9-4-2-1-3-5-9)16-14-15-11(8-22-14)12-6-10(7-21-12)17(19)20/h1-8H,(H,15,16,18). The van der Waals surface area contributed by atoms with Crippen LogP contribution in [-0.4, -0.2) is 15.8 Å². The molecule has 0 saturated heterocycles. The molecule has 0 fully saturated rings. The Balaban J connectivity index is 1.76. The number of carbonyl (C=O) groups excluding carboxylic acids is 1. The summed E-state index contributed by atoms with van der Waals surface area (Å²) in [4.78, 5) is 27.3. The van der Waals surface area contributed by atoms with Crippen molar-refractivity contribution in [3.05, 3.63) is 62.8 Å². The highest BCUT2D eigenvalue weighted by atomic mass is 32.1. The van der Waals surface area contributed by atoms with Crippen molar-refractivity contribution in [2.45, 2.75) is 0 Å². The Labute approximate surface area is 133 Å². The van der Waals surface area contributed by atoms with E-state index in [4.69, 9.17) is 0 Å². The molecule has 3 aromatic rings. The summed E-state index contributed by atoms with van der Waals surface area (Å²) in [7, 11) is 0. The van der Waals surface area contributed by atoms with Crippen molar-refractivity contribution < 1.29 is 9.72 Å². The van der Waals surface area contributed by atoms with E-state index in [-0.39, 0.29) is 11.6 Å². The minimum Gasteiger partial charge on any atom is -0.298 e. The normalized spacial score (nSPS) is 10.4. The third-order valence-corrected chi connectivity index (χ3v) is 4.51. The van der Waals surface area contributed by atoms with E-state index in [1.165, 1.54) is 34.1 Å². The van der Waals surface area contributed by atoms with E-state index < -0.39 is 4.92 Å². The zero-order valence-corrected chi connectivity index (χ0v) is 12.7. The number of amides is 1. The third-order valence-electron chi connectivity index (χ3n) is 2.81. The smallest absolute Gasteiger partial charge is 0.280 e. The summed E-state index contributed by atoms with van der Waals surface area (Å²) < 4.78 is 0. The molecule has 1 aromatic carbocycles. The van der Waals surface area contributed by atoms with Crippen LogP contribution >= 0.6 is 22.7 Å². The van der Waals surface area contributed by atoms with E-state index in [9.17, 15) is 14.9 Å². The van der Waals surface area contributed by atoms with E-state index in [0.29, 0.717) is 21.3 Å². The molecule has 8 heteroatoms. The molecule has 0 unspecified atom stereocenters. The largest absolute Gasteiger partial charge is 0.298 e. The summed E-state index contributed by atoms with van der Waals surface area (Å²) in [6.45, 7) is 0. The monoisotopic (exact) mass is 331 g/mol. The number of carbonyl (C=O) groups is 1. The molecule has 1 N–H and O–H groups in total. The molecule has 0 atom stereocenters. The second-order valence-electron chi connectivity index (χ2n) is 4.28. The zero-order valence-electron chi connectivity index (χ0n) is 11.1. The van der Waals surface area contributed by atoms with Crippen LogP contribution in [0.3, 0.4) is 0 Å². The van der Waals surface area contributed by atoms with Gasteiger partial charge in [-0.2, -0.15) is 0 Å². The first-order chi connectivity index (χ1) is 10.6. The van der Waals surface area contributed by atoms with Gasteiger partial charge in [0.1, 0.15) is 0 Å². The summed E-state index contributed by atoms with van der Waals surface area (Å²) in [6.07, 6.45) is 0. The zero-order chi connectivity index (χ0) is 15.5. The van der Waals surface area contributed by atoms with Crippen LogP contribution < -0.4 is 5.32 Å². The molecule has 0 bridgehead atoms. The second kappa shape index (κ2) is 6.04. The molecule has 2 aromatic heterocycles. The Bertz CT molecular complexity index is 827. The minimum absolute atomic E-state index is 0.0443. The van der Waals surface area contributed by atoms with Gasteiger partial charge >= 0.3 is 0 Å². The molecule has 3 rings (SSSR count). The number of benzene rings is 1. The number of nitrogens with zero attached hydrogens (tertiary/aromatic N) is 2. The molecule has 0 radical (unpaired) electrons. The molecule has 22 heavy (non-hydrogen) atoms. The molecule has 6 nitrogen and oxygen atoms in total. The highest BCUT2D eigenvalue weighted by Crippen LogP contribution is 2.32. The molecule has 0 aliphatic heterocycles. The maximum atomic E-state index is 12.0. The third kappa shape index (κ3) is 3.02. The van der Waals surface area contributed by atoms with Crippen LogP contribution in [0.2, 0.25) is 0 Å². The first-order valence-corrected chi connectivity index (χ1v) is 7.94. The Morgan fingerprint density at radius 1 is 1.18 bits per heavy atom. The van der Waals surface area contributed by atoms with Crippen LogP contribution in [0.1, 0.15) is 10.4 Å². The van der Waals surface area contributed by atoms with E-state index in [1.54, 1.807) is 29.6 Å². The van der Waals surface area contributed by atoms with Gasteiger partial charge in [-0.25, -0.2) is 4.98 Å². The lowest BCUT2D eigenvalue weighted by atomic mass is 10.2. The molecule has 0 spiro atoms. The number of nitrogens with one attached hydrogen (secondary N) is 1. The maximum Gasteiger partial charge on any atom is 0.280 e. The number of anilines is 1. The predicted molar refractivity (Wildman–Crippen MR) is 86.5 cm³/mol. The van der Waals surface area contributed by atoms with Crippen LogP contribution in [0, 0.1) is 10.1 Å². The Kier molecular flexibility index (Phi) is 3.94. The number of hydrogen-bond acceptors (Lipinski definition) is 6. The van der Waals surface area contributed by atoms with Gasteiger partial charge in [-0.15, -0.1) is 22.7 Å². The first kappa shape index (κ1) is 14.4. The van der Waals surface area contributed by atoms with Crippen molar-refractivity contribution >= 4 is 39.4 Å². The van der Waals surface area contributed by atoms with E-state index >= 15 is 0 Å². The predicted octanol–water partition coefficient (Wildman–Crippen LogP) is 4.03. The SMILES string of the molecule is O=C(Nc1nc(-c2cc([N+](=O)[O-])cs2)cs1)c1ccccc1. The number of aromatic nitrogens is 1. The average Bonchev–Trinajstić information content (AvgIpc) is 3.16. The second-order valence-corrected chi connectivity index (χ2v) is 6.05. The van der Waals surface area contributed by atoms with Gasteiger partial charge in [0, 0.05) is 17.0 Å². The number of rotatable bonds is 4. The molecular weight excluding hydrogens is 322 g/mol. The van der Waals surface area contributed by atoms with Crippen LogP contribution in [0.5, 0.6) is 0 Å². The van der Waals surface area contributed by atoms with Gasteiger partial charge in [0.05, 0.1) is 20.9 Å². The number of nitro groups is 1. The fourth-order valence-corrected chi connectivity index (χ4v) is 3.36. The lowest BCUT2D eigenvalue weighted by Crippen LogP contribution is -2.11.